The third kappa shape index (κ3) is 3.84. The Labute approximate surface area is 139 Å². The van der Waals surface area contributed by atoms with Crippen LogP contribution in [0.2, 0.25) is 0 Å². The highest BCUT2D eigenvalue weighted by atomic mass is 19.1. The van der Waals surface area contributed by atoms with E-state index in [1.54, 1.807) is 0 Å². The molecule has 1 aromatic carbocycles. The Bertz CT molecular complexity index is 614. The Morgan fingerprint density at radius 2 is 1.92 bits per heavy atom. The van der Waals surface area contributed by atoms with Crippen LogP contribution in [0.15, 0.2) is 18.2 Å². The highest BCUT2D eigenvalue weighted by molar-refractivity contribution is 5.74. The summed E-state index contributed by atoms with van der Waals surface area (Å²) in [5.74, 6) is -1.79. The van der Waals surface area contributed by atoms with E-state index in [-0.39, 0.29) is 6.03 Å². The van der Waals surface area contributed by atoms with Crippen LogP contribution in [0.4, 0.5) is 13.6 Å². The van der Waals surface area contributed by atoms with Gasteiger partial charge in [-0.05, 0) is 31.4 Å². The molecule has 0 unspecified atom stereocenters. The number of nitrogens with one attached hydrogen (secondary N) is 2. The molecular weight excluding hydrogens is 318 g/mol. The Hall–Kier alpha value is -1.73. The summed E-state index contributed by atoms with van der Waals surface area (Å²) in [5, 5.41) is 5.52. The van der Waals surface area contributed by atoms with Crippen LogP contribution in [0.25, 0.3) is 0 Å². The van der Waals surface area contributed by atoms with Gasteiger partial charge in [-0.15, -0.1) is 0 Å². The lowest BCUT2D eigenvalue weighted by Crippen LogP contribution is -2.42. The van der Waals surface area contributed by atoms with Gasteiger partial charge >= 0.3 is 6.03 Å². The molecule has 5 nitrogen and oxygen atoms in total. The van der Waals surface area contributed by atoms with Crippen molar-refractivity contribution in [2.24, 2.45) is 0 Å². The molecule has 2 N–H and O–H groups in total. The van der Waals surface area contributed by atoms with Crippen LogP contribution in [0, 0.1) is 11.6 Å². The Morgan fingerprint density at radius 1 is 1.21 bits per heavy atom. The standard InChI is InChI=1S/C17H22F2N2O3/c1-16(23-8-9-24-16)6-7-20-15(22)21-11-17(4-5-17)13-3-2-12(18)10-14(13)19/h2-3,10H,4-9,11H2,1H3,(H2,20,21,22). The maximum atomic E-state index is 13.9. The van der Waals surface area contributed by atoms with Gasteiger partial charge < -0.3 is 20.1 Å². The summed E-state index contributed by atoms with van der Waals surface area (Å²) >= 11 is 0. The summed E-state index contributed by atoms with van der Waals surface area (Å²) in [7, 11) is 0. The average Bonchev–Trinajstić information content (AvgIpc) is 3.19. The highest BCUT2D eigenvalue weighted by Gasteiger charge is 2.46. The number of amides is 2. The number of hydrogen-bond acceptors (Lipinski definition) is 3. The van der Waals surface area contributed by atoms with Gasteiger partial charge in [0.25, 0.3) is 0 Å². The van der Waals surface area contributed by atoms with Gasteiger partial charge in [-0.1, -0.05) is 6.07 Å². The predicted molar refractivity (Wildman–Crippen MR) is 83.6 cm³/mol. The molecule has 1 aliphatic heterocycles. The van der Waals surface area contributed by atoms with E-state index >= 15 is 0 Å². The van der Waals surface area contributed by atoms with Crippen LogP contribution < -0.4 is 10.6 Å². The molecule has 1 saturated heterocycles. The van der Waals surface area contributed by atoms with Crippen molar-refractivity contribution in [3.05, 3.63) is 35.4 Å². The van der Waals surface area contributed by atoms with Crippen LogP contribution in [0.3, 0.4) is 0 Å². The first-order valence-electron chi connectivity index (χ1n) is 8.18. The summed E-state index contributed by atoms with van der Waals surface area (Å²) in [6, 6.07) is 3.29. The first-order chi connectivity index (χ1) is 11.4. The molecule has 0 bridgehead atoms. The molecule has 24 heavy (non-hydrogen) atoms. The smallest absolute Gasteiger partial charge is 0.314 e. The second kappa shape index (κ2) is 6.64. The van der Waals surface area contributed by atoms with Crippen molar-refractivity contribution in [3.8, 4) is 0 Å². The minimum atomic E-state index is -0.637. The molecule has 0 atom stereocenters. The van der Waals surface area contributed by atoms with Gasteiger partial charge in [0.15, 0.2) is 5.79 Å². The predicted octanol–water partition coefficient (Wildman–Crippen LogP) is 2.45. The lowest BCUT2D eigenvalue weighted by molar-refractivity contribution is -0.145. The van der Waals surface area contributed by atoms with Crippen molar-refractivity contribution in [1.29, 1.82) is 0 Å². The number of rotatable bonds is 6. The van der Waals surface area contributed by atoms with Crippen LogP contribution in [-0.2, 0) is 14.9 Å². The van der Waals surface area contributed by atoms with E-state index in [0.29, 0.717) is 38.3 Å². The van der Waals surface area contributed by atoms with Crippen molar-refractivity contribution in [2.75, 3.05) is 26.3 Å². The molecule has 2 aliphatic rings. The molecule has 0 radical (unpaired) electrons. The number of carbonyl (C=O) groups excluding carboxylic acids is 1. The average molecular weight is 340 g/mol. The molecule has 2 amide bonds. The monoisotopic (exact) mass is 340 g/mol. The van der Waals surface area contributed by atoms with Gasteiger partial charge in [-0.25, -0.2) is 13.6 Å². The first kappa shape index (κ1) is 17.1. The second-order valence-corrected chi connectivity index (χ2v) is 6.59. The number of carbonyl (C=O) groups is 1. The number of benzene rings is 1. The molecule has 1 aromatic rings. The molecule has 0 aromatic heterocycles. The van der Waals surface area contributed by atoms with Gasteiger partial charge in [0, 0.05) is 31.0 Å². The fourth-order valence-corrected chi connectivity index (χ4v) is 3.03. The molecule has 1 heterocycles. The highest BCUT2D eigenvalue weighted by Crippen LogP contribution is 2.48. The SMILES string of the molecule is CC1(CCNC(=O)NCC2(c3ccc(F)cc3F)CC2)OCCO1. The molecular formula is C17H22F2N2O3. The summed E-state index contributed by atoms with van der Waals surface area (Å²) in [5.41, 5.74) is 0.0446. The van der Waals surface area contributed by atoms with E-state index in [0.717, 1.165) is 18.9 Å². The Morgan fingerprint density at radius 3 is 2.54 bits per heavy atom. The quantitative estimate of drug-likeness (QED) is 0.836. The maximum Gasteiger partial charge on any atom is 0.314 e. The minimum Gasteiger partial charge on any atom is -0.348 e. The molecule has 1 aliphatic carbocycles. The topological polar surface area (TPSA) is 59.6 Å². The zero-order valence-electron chi connectivity index (χ0n) is 13.7. The van der Waals surface area contributed by atoms with E-state index < -0.39 is 22.8 Å². The molecule has 3 rings (SSSR count). The third-order valence-electron chi connectivity index (χ3n) is 4.71. The van der Waals surface area contributed by atoms with Crippen LogP contribution in [-0.4, -0.2) is 38.1 Å². The van der Waals surface area contributed by atoms with Gasteiger partial charge in [0.1, 0.15) is 11.6 Å². The fourth-order valence-electron chi connectivity index (χ4n) is 3.03. The van der Waals surface area contributed by atoms with Crippen LogP contribution in [0.1, 0.15) is 31.7 Å². The number of urea groups is 1. The van der Waals surface area contributed by atoms with E-state index in [9.17, 15) is 13.6 Å². The summed E-state index contributed by atoms with van der Waals surface area (Å²) in [4.78, 5) is 11.9. The van der Waals surface area contributed by atoms with Crippen molar-refractivity contribution in [2.45, 2.75) is 37.4 Å². The zero-order valence-corrected chi connectivity index (χ0v) is 13.7. The second-order valence-electron chi connectivity index (χ2n) is 6.59. The van der Waals surface area contributed by atoms with E-state index in [1.165, 1.54) is 12.1 Å². The molecule has 0 spiro atoms. The van der Waals surface area contributed by atoms with Crippen LogP contribution in [0.5, 0.6) is 0 Å². The minimum absolute atomic E-state index is 0.314. The largest absolute Gasteiger partial charge is 0.348 e. The van der Waals surface area contributed by atoms with E-state index in [2.05, 4.69) is 10.6 Å². The Kier molecular flexibility index (Phi) is 4.73. The van der Waals surface area contributed by atoms with Gasteiger partial charge in [0.2, 0.25) is 0 Å². The lowest BCUT2D eigenvalue weighted by Gasteiger charge is -2.22. The third-order valence-corrected chi connectivity index (χ3v) is 4.71. The fraction of sp³-hybridized carbons (Fsp3) is 0.588. The molecule has 7 heteroatoms. The molecule has 1 saturated carbocycles. The van der Waals surface area contributed by atoms with Gasteiger partial charge in [-0.3, -0.25) is 0 Å². The van der Waals surface area contributed by atoms with E-state index in [1.807, 2.05) is 6.92 Å². The summed E-state index contributed by atoms with van der Waals surface area (Å²) < 4.78 is 37.9. The van der Waals surface area contributed by atoms with Gasteiger partial charge in [-0.2, -0.15) is 0 Å². The van der Waals surface area contributed by atoms with Crippen molar-refractivity contribution >= 4 is 6.03 Å². The Balaban J connectivity index is 1.45. The van der Waals surface area contributed by atoms with E-state index in [4.69, 9.17) is 9.47 Å². The lowest BCUT2D eigenvalue weighted by atomic mass is 9.95. The zero-order chi connectivity index (χ0) is 17.2. The van der Waals surface area contributed by atoms with Gasteiger partial charge in [0.05, 0.1) is 13.2 Å². The normalized spacial score (nSPS) is 20.6. The number of halogens is 2. The van der Waals surface area contributed by atoms with Crippen molar-refractivity contribution in [3.63, 3.8) is 0 Å². The molecule has 2 fully saturated rings. The maximum absolute atomic E-state index is 13.9. The molecule has 132 valence electrons. The van der Waals surface area contributed by atoms with Crippen LogP contribution >= 0.6 is 0 Å². The number of ether oxygens (including phenoxy) is 2. The summed E-state index contributed by atoms with van der Waals surface area (Å²) in [6.07, 6.45) is 2.10. The number of hydrogen-bond donors (Lipinski definition) is 2. The summed E-state index contributed by atoms with van der Waals surface area (Å²) in [6.45, 7) is 3.71. The van der Waals surface area contributed by atoms with Crippen molar-refractivity contribution < 1.29 is 23.0 Å². The van der Waals surface area contributed by atoms with Crippen molar-refractivity contribution in [1.82, 2.24) is 10.6 Å². The first-order valence-corrected chi connectivity index (χ1v) is 8.18.